The number of esters is 1. The lowest BCUT2D eigenvalue weighted by atomic mass is 10.1. The zero-order valence-corrected chi connectivity index (χ0v) is 7.03. The van der Waals surface area contributed by atoms with Gasteiger partial charge in [0.25, 0.3) is 0 Å². The van der Waals surface area contributed by atoms with Crippen LogP contribution in [0, 0.1) is 0 Å². The molecule has 4 nitrogen and oxygen atoms in total. The van der Waals surface area contributed by atoms with Crippen LogP contribution in [0.4, 0.5) is 0 Å². The largest absolute Gasteiger partial charge is 0.469 e. The lowest BCUT2D eigenvalue weighted by molar-refractivity contribution is -0.144. The van der Waals surface area contributed by atoms with Crippen LogP contribution < -0.4 is 0 Å². The van der Waals surface area contributed by atoms with Gasteiger partial charge in [-0.05, 0) is 6.92 Å². The molecule has 0 aromatic rings. The molecule has 0 radical (unpaired) electrons. The zero-order valence-electron chi connectivity index (χ0n) is 7.03. The van der Waals surface area contributed by atoms with Crippen molar-refractivity contribution < 1.29 is 19.4 Å². The van der Waals surface area contributed by atoms with Crippen molar-refractivity contribution in [2.75, 3.05) is 14.2 Å². The Morgan fingerprint density at radius 3 is 2.45 bits per heavy atom. The number of aliphatic hydroxyl groups excluding tert-OH is 1. The average molecular weight is 162 g/mol. The molecule has 4 heteroatoms. The fourth-order valence-corrected chi connectivity index (χ4v) is 0.577. The Morgan fingerprint density at radius 1 is 1.55 bits per heavy atom. The molecule has 0 bridgehead atoms. The fourth-order valence-electron chi connectivity index (χ4n) is 0.577. The molecule has 0 aliphatic heterocycles. The first-order valence-corrected chi connectivity index (χ1v) is 3.39. The van der Waals surface area contributed by atoms with E-state index in [9.17, 15) is 9.90 Å². The molecule has 1 N–H and O–H groups in total. The number of methoxy groups -OCH3 is 2. The Labute approximate surface area is 66.1 Å². The fraction of sp³-hybridized carbons (Fsp3) is 0.857. The van der Waals surface area contributed by atoms with Crippen LogP contribution in [0.5, 0.6) is 0 Å². The van der Waals surface area contributed by atoms with Gasteiger partial charge in [-0.15, -0.1) is 0 Å². The average Bonchev–Trinajstić information content (AvgIpc) is 2.02. The summed E-state index contributed by atoms with van der Waals surface area (Å²) in [6.45, 7) is 1.69. The van der Waals surface area contributed by atoms with E-state index < -0.39 is 12.1 Å². The van der Waals surface area contributed by atoms with E-state index in [-0.39, 0.29) is 12.5 Å². The molecule has 0 fully saturated rings. The third-order valence-electron chi connectivity index (χ3n) is 1.52. The molecule has 0 saturated heterocycles. The van der Waals surface area contributed by atoms with Crippen LogP contribution in [-0.4, -0.2) is 37.5 Å². The van der Waals surface area contributed by atoms with Crippen LogP contribution in [0.3, 0.4) is 0 Å². The molecule has 0 amide bonds. The lowest BCUT2D eigenvalue weighted by Crippen LogP contribution is -2.27. The highest BCUT2D eigenvalue weighted by Crippen LogP contribution is 2.02. The molecule has 0 aliphatic rings. The maximum atomic E-state index is 10.6. The van der Waals surface area contributed by atoms with Gasteiger partial charge in [0.15, 0.2) is 0 Å². The molecule has 66 valence electrons. The molecule has 0 aromatic heterocycles. The number of hydrogen-bond acceptors (Lipinski definition) is 4. The minimum absolute atomic E-state index is 0.0223. The van der Waals surface area contributed by atoms with Crippen molar-refractivity contribution in [2.45, 2.75) is 25.6 Å². The SMILES string of the molecule is COC(=O)C[C@H](O)[C@@H](C)OC. The molecular weight excluding hydrogens is 148 g/mol. The minimum Gasteiger partial charge on any atom is -0.469 e. The predicted molar refractivity (Wildman–Crippen MR) is 39.1 cm³/mol. The van der Waals surface area contributed by atoms with Crippen molar-refractivity contribution in [3.63, 3.8) is 0 Å². The van der Waals surface area contributed by atoms with Crippen LogP contribution in [0.25, 0.3) is 0 Å². The molecule has 2 atom stereocenters. The van der Waals surface area contributed by atoms with Crippen molar-refractivity contribution in [1.29, 1.82) is 0 Å². The molecule has 0 aliphatic carbocycles. The lowest BCUT2D eigenvalue weighted by Gasteiger charge is -2.15. The van der Waals surface area contributed by atoms with Crippen LogP contribution in [0.2, 0.25) is 0 Å². The molecule has 0 heterocycles. The van der Waals surface area contributed by atoms with Gasteiger partial charge in [-0.3, -0.25) is 4.79 Å². The van der Waals surface area contributed by atoms with Gasteiger partial charge < -0.3 is 14.6 Å². The number of aliphatic hydroxyl groups is 1. The summed E-state index contributed by atoms with van der Waals surface area (Å²) in [5, 5.41) is 9.19. The van der Waals surface area contributed by atoms with E-state index in [4.69, 9.17) is 4.74 Å². The summed E-state index contributed by atoms with van der Waals surface area (Å²) in [5.41, 5.74) is 0. The van der Waals surface area contributed by atoms with Gasteiger partial charge in [0, 0.05) is 7.11 Å². The Balaban J connectivity index is 3.67. The van der Waals surface area contributed by atoms with Gasteiger partial charge in [-0.2, -0.15) is 0 Å². The first-order chi connectivity index (χ1) is 5.11. The summed E-state index contributed by atoms with van der Waals surface area (Å²) < 4.78 is 9.16. The first kappa shape index (κ1) is 10.4. The highest BCUT2D eigenvalue weighted by Gasteiger charge is 2.17. The van der Waals surface area contributed by atoms with Gasteiger partial charge in [0.2, 0.25) is 0 Å². The zero-order chi connectivity index (χ0) is 8.85. The van der Waals surface area contributed by atoms with Crippen molar-refractivity contribution in [2.24, 2.45) is 0 Å². The number of carbonyl (C=O) groups is 1. The van der Waals surface area contributed by atoms with E-state index in [0.717, 1.165) is 0 Å². The van der Waals surface area contributed by atoms with Crippen LogP contribution in [0.15, 0.2) is 0 Å². The third kappa shape index (κ3) is 3.95. The number of hydrogen-bond donors (Lipinski definition) is 1. The van der Waals surface area contributed by atoms with E-state index in [1.54, 1.807) is 6.92 Å². The van der Waals surface area contributed by atoms with Gasteiger partial charge in [0.1, 0.15) is 0 Å². The quantitative estimate of drug-likeness (QED) is 0.589. The van der Waals surface area contributed by atoms with Crippen LogP contribution >= 0.6 is 0 Å². The summed E-state index contributed by atoms with van der Waals surface area (Å²) in [4.78, 5) is 10.6. The van der Waals surface area contributed by atoms with E-state index in [1.165, 1.54) is 14.2 Å². The van der Waals surface area contributed by atoms with Gasteiger partial charge >= 0.3 is 5.97 Å². The molecule has 0 spiro atoms. The van der Waals surface area contributed by atoms with E-state index in [2.05, 4.69) is 4.74 Å². The Bertz CT molecular complexity index is 124. The highest BCUT2D eigenvalue weighted by atomic mass is 16.5. The van der Waals surface area contributed by atoms with Crippen LogP contribution in [0.1, 0.15) is 13.3 Å². The maximum absolute atomic E-state index is 10.6. The third-order valence-corrected chi connectivity index (χ3v) is 1.52. The van der Waals surface area contributed by atoms with Crippen molar-refractivity contribution >= 4 is 5.97 Å². The minimum atomic E-state index is -0.785. The second kappa shape index (κ2) is 5.09. The normalized spacial score (nSPS) is 15.6. The van der Waals surface area contributed by atoms with Crippen LogP contribution in [-0.2, 0) is 14.3 Å². The van der Waals surface area contributed by atoms with E-state index in [0.29, 0.717) is 0 Å². The Hall–Kier alpha value is -0.610. The van der Waals surface area contributed by atoms with Gasteiger partial charge in [0.05, 0.1) is 25.7 Å². The van der Waals surface area contributed by atoms with E-state index >= 15 is 0 Å². The van der Waals surface area contributed by atoms with E-state index in [1.807, 2.05) is 0 Å². The van der Waals surface area contributed by atoms with Crippen molar-refractivity contribution in [3.05, 3.63) is 0 Å². The summed E-state index contributed by atoms with van der Waals surface area (Å²) in [6, 6.07) is 0. The predicted octanol–water partition coefficient (Wildman–Crippen LogP) is -0.0547. The first-order valence-electron chi connectivity index (χ1n) is 3.39. The number of rotatable bonds is 4. The molecule has 0 aromatic carbocycles. The molecule has 0 unspecified atom stereocenters. The van der Waals surface area contributed by atoms with Gasteiger partial charge in [-0.25, -0.2) is 0 Å². The smallest absolute Gasteiger partial charge is 0.308 e. The number of ether oxygens (including phenoxy) is 2. The van der Waals surface area contributed by atoms with Crippen molar-refractivity contribution in [3.8, 4) is 0 Å². The molecule has 0 rings (SSSR count). The summed E-state index contributed by atoms with van der Waals surface area (Å²) in [7, 11) is 2.76. The Morgan fingerprint density at radius 2 is 2.09 bits per heavy atom. The topological polar surface area (TPSA) is 55.8 Å². The van der Waals surface area contributed by atoms with Gasteiger partial charge in [-0.1, -0.05) is 0 Å². The standard InChI is InChI=1S/C7H14O4/c1-5(10-2)6(8)4-7(9)11-3/h5-6,8H,4H2,1-3H3/t5-,6+/m1/s1. The summed E-state index contributed by atoms with van der Waals surface area (Å²) in [5.74, 6) is -0.429. The molecular formula is C7H14O4. The number of carbonyl (C=O) groups excluding carboxylic acids is 1. The molecule has 0 saturated carbocycles. The molecule has 11 heavy (non-hydrogen) atoms. The van der Waals surface area contributed by atoms with Crippen molar-refractivity contribution in [1.82, 2.24) is 0 Å². The Kier molecular flexibility index (Phi) is 4.81. The summed E-state index contributed by atoms with van der Waals surface area (Å²) >= 11 is 0. The monoisotopic (exact) mass is 162 g/mol. The maximum Gasteiger partial charge on any atom is 0.308 e. The second-order valence-electron chi connectivity index (χ2n) is 2.29. The highest BCUT2D eigenvalue weighted by molar-refractivity contribution is 5.69. The second-order valence-corrected chi connectivity index (χ2v) is 2.29. The summed E-state index contributed by atoms with van der Waals surface area (Å²) in [6.07, 6.45) is -1.15.